The highest BCUT2D eigenvalue weighted by Crippen LogP contribution is 2.40. The Labute approximate surface area is 215 Å². The summed E-state index contributed by atoms with van der Waals surface area (Å²) in [5.41, 5.74) is 3.76. The standard InChI is InChI=1S/C28H30ClNO4S/c1-28(2)15-21(6-9-34-28)27(31)30-8-10-32-26-23(16-30)12-22(20-4-3-5-24(29)13-20)14-25(26)33-17-19-7-11-35-18-19/h3-5,7,11-14,18,21H,6,8-10,15-17H2,1-2H3/t21-/m0/s1. The van der Waals surface area contributed by atoms with Gasteiger partial charge in [-0.25, -0.2) is 0 Å². The number of carbonyl (C=O) groups is 1. The number of hydrogen-bond donors (Lipinski definition) is 0. The zero-order chi connectivity index (χ0) is 24.4. The van der Waals surface area contributed by atoms with Gasteiger partial charge in [0.15, 0.2) is 11.5 Å². The van der Waals surface area contributed by atoms with Crippen LogP contribution in [-0.2, 0) is 22.7 Å². The first-order valence-corrected chi connectivity index (χ1v) is 13.3. The van der Waals surface area contributed by atoms with Crippen LogP contribution in [0.2, 0.25) is 5.02 Å². The fraction of sp³-hybridized carbons (Fsp3) is 0.393. The molecule has 1 aromatic heterocycles. The van der Waals surface area contributed by atoms with E-state index in [2.05, 4.69) is 31.4 Å². The zero-order valence-electron chi connectivity index (χ0n) is 20.1. The fourth-order valence-electron chi connectivity index (χ4n) is 4.85. The summed E-state index contributed by atoms with van der Waals surface area (Å²) in [7, 11) is 0. The molecule has 5 nitrogen and oxygen atoms in total. The molecule has 3 aromatic rings. The third-order valence-electron chi connectivity index (χ3n) is 6.59. The second kappa shape index (κ2) is 10.2. The first kappa shape index (κ1) is 24.2. The highest BCUT2D eigenvalue weighted by Gasteiger charge is 2.36. The van der Waals surface area contributed by atoms with Crippen LogP contribution in [0.15, 0.2) is 53.2 Å². The van der Waals surface area contributed by atoms with E-state index in [0.717, 1.165) is 35.1 Å². The van der Waals surface area contributed by atoms with E-state index in [-0.39, 0.29) is 17.4 Å². The highest BCUT2D eigenvalue weighted by atomic mass is 35.5. The maximum absolute atomic E-state index is 13.5. The van der Waals surface area contributed by atoms with Gasteiger partial charge in [-0.1, -0.05) is 23.7 Å². The van der Waals surface area contributed by atoms with Gasteiger partial charge in [0.1, 0.15) is 13.2 Å². The lowest BCUT2D eigenvalue weighted by Crippen LogP contribution is -2.43. The van der Waals surface area contributed by atoms with Crippen molar-refractivity contribution in [1.82, 2.24) is 4.90 Å². The van der Waals surface area contributed by atoms with Crippen LogP contribution in [-0.4, -0.2) is 36.2 Å². The van der Waals surface area contributed by atoms with Crippen molar-refractivity contribution in [2.24, 2.45) is 5.92 Å². The number of hydrogen-bond acceptors (Lipinski definition) is 5. The van der Waals surface area contributed by atoms with Crippen molar-refractivity contribution in [2.45, 2.75) is 45.4 Å². The normalized spacial score (nSPS) is 19.4. The second-order valence-electron chi connectivity index (χ2n) is 9.80. The summed E-state index contributed by atoms with van der Waals surface area (Å²) in [5, 5.41) is 4.79. The van der Waals surface area contributed by atoms with E-state index in [1.165, 1.54) is 0 Å². The zero-order valence-corrected chi connectivity index (χ0v) is 21.7. The molecule has 5 rings (SSSR count). The molecule has 1 saturated heterocycles. The lowest BCUT2D eigenvalue weighted by molar-refractivity contribution is -0.146. The molecular formula is C28H30ClNO4S. The highest BCUT2D eigenvalue weighted by molar-refractivity contribution is 7.07. The summed E-state index contributed by atoms with van der Waals surface area (Å²) in [6.45, 7) is 6.64. The molecule has 7 heteroatoms. The molecule has 184 valence electrons. The molecule has 0 bridgehead atoms. The van der Waals surface area contributed by atoms with Crippen LogP contribution < -0.4 is 9.47 Å². The van der Waals surface area contributed by atoms with E-state index >= 15 is 0 Å². The van der Waals surface area contributed by atoms with Crippen LogP contribution in [0, 0.1) is 5.92 Å². The number of amides is 1. The Balaban J connectivity index is 1.46. The van der Waals surface area contributed by atoms with Crippen LogP contribution in [0.4, 0.5) is 0 Å². The third kappa shape index (κ3) is 5.66. The number of ether oxygens (including phenoxy) is 3. The summed E-state index contributed by atoms with van der Waals surface area (Å²) < 4.78 is 18.3. The van der Waals surface area contributed by atoms with Crippen LogP contribution in [0.25, 0.3) is 11.1 Å². The third-order valence-corrected chi connectivity index (χ3v) is 7.56. The van der Waals surface area contributed by atoms with Gasteiger partial charge >= 0.3 is 0 Å². The molecule has 35 heavy (non-hydrogen) atoms. The van der Waals surface area contributed by atoms with Gasteiger partial charge in [-0.3, -0.25) is 4.79 Å². The average molecular weight is 512 g/mol. The van der Waals surface area contributed by atoms with Gasteiger partial charge in [-0.2, -0.15) is 11.3 Å². The van der Waals surface area contributed by atoms with Crippen molar-refractivity contribution in [3.8, 4) is 22.6 Å². The predicted octanol–water partition coefficient (Wildman–Crippen LogP) is 6.57. The van der Waals surface area contributed by atoms with E-state index in [1.807, 2.05) is 40.6 Å². The maximum Gasteiger partial charge on any atom is 0.226 e. The van der Waals surface area contributed by atoms with E-state index in [1.54, 1.807) is 11.3 Å². The Hall–Kier alpha value is -2.54. The van der Waals surface area contributed by atoms with Gasteiger partial charge in [0.25, 0.3) is 0 Å². The molecule has 0 aliphatic carbocycles. The summed E-state index contributed by atoms with van der Waals surface area (Å²) in [4.78, 5) is 15.5. The maximum atomic E-state index is 13.5. The number of halogens is 1. The number of benzene rings is 2. The molecule has 2 aliphatic heterocycles. The minimum absolute atomic E-state index is 0.0364. The molecule has 1 atom stereocenters. The van der Waals surface area contributed by atoms with E-state index in [0.29, 0.717) is 49.4 Å². The van der Waals surface area contributed by atoms with Crippen LogP contribution in [0.1, 0.15) is 37.8 Å². The Morgan fingerprint density at radius 2 is 2.09 bits per heavy atom. The van der Waals surface area contributed by atoms with E-state index in [9.17, 15) is 4.79 Å². The van der Waals surface area contributed by atoms with Gasteiger partial charge in [-0.15, -0.1) is 0 Å². The van der Waals surface area contributed by atoms with Gasteiger partial charge in [0.2, 0.25) is 5.91 Å². The molecule has 0 saturated carbocycles. The molecular weight excluding hydrogens is 482 g/mol. The molecule has 3 heterocycles. The average Bonchev–Trinajstić information content (AvgIpc) is 3.26. The summed E-state index contributed by atoms with van der Waals surface area (Å²) in [6, 6.07) is 13.9. The fourth-order valence-corrected chi connectivity index (χ4v) is 5.69. The minimum atomic E-state index is -0.277. The minimum Gasteiger partial charge on any atom is -0.487 e. The monoisotopic (exact) mass is 511 g/mol. The van der Waals surface area contributed by atoms with Crippen molar-refractivity contribution in [3.63, 3.8) is 0 Å². The topological polar surface area (TPSA) is 48.0 Å². The lowest BCUT2D eigenvalue weighted by atomic mass is 9.87. The molecule has 1 fully saturated rings. The number of thiophene rings is 1. The Morgan fingerprint density at radius 1 is 1.20 bits per heavy atom. The molecule has 1 amide bonds. The van der Waals surface area contributed by atoms with Crippen LogP contribution >= 0.6 is 22.9 Å². The molecule has 2 aromatic carbocycles. The van der Waals surface area contributed by atoms with E-state index in [4.69, 9.17) is 25.8 Å². The summed E-state index contributed by atoms with van der Waals surface area (Å²) in [6.07, 6.45) is 1.48. The van der Waals surface area contributed by atoms with Crippen LogP contribution in [0.5, 0.6) is 11.5 Å². The quantitative estimate of drug-likeness (QED) is 0.388. The van der Waals surface area contributed by atoms with Gasteiger partial charge in [0, 0.05) is 29.7 Å². The molecule has 2 aliphatic rings. The van der Waals surface area contributed by atoms with Crippen LogP contribution in [0.3, 0.4) is 0 Å². The lowest BCUT2D eigenvalue weighted by Gasteiger charge is -2.36. The van der Waals surface area contributed by atoms with Crippen molar-refractivity contribution in [1.29, 1.82) is 0 Å². The Bertz CT molecular complexity index is 1190. The smallest absolute Gasteiger partial charge is 0.226 e. The SMILES string of the molecule is CC1(C)C[C@@H](C(=O)N2CCOc3c(cc(-c4cccc(Cl)c4)cc3OCc3ccsc3)C2)CCO1. The first-order valence-electron chi connectivity index (χ1n) is 12.0. The summed E-state index contributed by atoms with van der Waals surface area (Å²) >= 11 is 7.93. The summed E-state index contributed by atoms with van der Waals surface area (Å²) in [5.74, 6) is 1.54. The molecule has 0 N–H and O–H groups in total. The Kier molecular flexibility index (Phi) is 7.05. The number of nitrogens with zero attached hydrogens (tertiary/aromatic N) is 1. The largest absolute Gasteiger partial charge is 0.487 e. The van der Waals surface area contributed by atoms with Crippen molar-refractivity contribution in [2.75, 3.05) is 19.8 Å². The molecule has 0 radical (unpaired) electrons. The first-order chi connectivity index (χ1) is 16.9. The molecule has 0 spiro atoms. The Morgan fingerprint density at radius 3 is 2.86 bits per heavy atom. The van der Waals surface area contributed by atoms with Crippen molar-refractivity contribution in [3.05, 3.63) is 69.4 Å². The van der Waals surface area contributed by atoms with Gasteiger partial charge in [-0.05, 0) is 84.5 Å². The van der Waals surface area contributed by atoms with Gasteiger partial charge < -0.3 is 19.1 Å². The van der Waals surface area contributed by atoms with Crippen molar-refractivity contribution < 1.29 is 19.0 Å². The number of carbonyl (C=O) groups excluding carboxylic acids is 1. The van der Waals surface area contributed by atoms with E-state index < -0.39 is 0 Å². The predicted molar refractivity (Wildman–Crippen MR) is 139 cm³/mol. The second-order valence-corrected chi connectivity index (χ2v) is 11.0. The molecule has 0 unspecified atom stereocenters. The van der Waals surface area contributed by atoms with Gasteiger partial charge in [0.05, 0.1) is 12.1 Å². The number of fused-ring (bicyclic) bond motifs is 1. The number of rotatable bonds is 5. The van der Waals surface area contributed by atoms with Crippen molar-refractivity contribution >= 4 is 28.8 Å².